The van der Waals surface area contributed by atoms with Crippen molar-refractivity contribution in [1.29, 1.82) is 0 Å². The summed E-state index contributed by atoms with van der Waals surface area (Å²) in [5.74, 6) is -0.0695. The predicted molar refractivity (Wildman–Crippen MR) is 74.9 cm³/mol. The summed E-state index contributed by atoms with van der Waals surface area (Å²) in [6.45, 7) is 0. The summed E-state index contributed by atoms with van der Waals surface area (Å²) in [6, 6.07) is 9.49. The van der Waals surface area contributed by atoms with Crippen LogP contribution in [0.5, 0.6) is 0 Å². The highest BCUT2D eigenvalue weighted by Gasteiger charge is 2.23. The Balaban J connectivity index is 2.12. The minimum absolute atomic E-state index is 0.0695. The highest BCUT2D eigenvalue weighted by molar-refractivity contribution is 9.10. The molecule has 2 aromatic rings. The third kappa shape index (κ3) is 1.95. The molecule has 1 N–H and O–H groups in total. The van der Waals surface area contributed by atoms with E-state index in [4.69, 9.17) is 0 Å². The molecule has 0 fully saturated rings. The summed E-state index contributed by atoms with van der Waals surface area (Å²) in [7, 11) is 0. The number of fused-ring (bicyclic) bond motifs is 1. The Labute approximate surface area is 113 Å². The van der Waals surface area contributed by atoms with Gasteiger partial charge in [-0.25, -0.2) is 0 Å². The number of nitrogens with one attached hydrogen (secondary N) is 1. The quantitative estimate of drug-likeness (QED) is 0.821. The number of nitrogens with zero attached hydrogens (tertiary/aromatic N) is 1. The third-order valence-electron chi connectivity index (χ3n) is 2.78. The lowest BCUT2D eigenvalue weighted by molar-refractivity contribution is -0.110. The second-order valence-corrected chi connectivity index (χ2v) is 4.90. The van der Waals surface area contributed by atoms with Gasteiger partial charge in [-0.1, -0.05) is 15.9 Å². The van der Waals surface area contributed by atoms with E-state index >= 15 is 0 Å². The van der Waals surface area contributed by atoms with Gasteiger partial charge < -0.3 is 5.32 Å². The van der Waals surface area contributed by atoms with Gasteiger partial charge in [0.2, 0.25) is 0 Å². The standard InChI is InChI=1S/C14H9BrN2O/c15-10-1-2-13-11(8-10)12(14(18)17-13)7-9-3-5-16-6-4-9/h1-8H,(H,17,18)/b12-7-. The summed E-state index contributed by atoms with van der Waals surface area (Å²) in [4.78, 5) is 15.9. The van der Waals surface area contributed by atoms with Crippen molar-refractivity contribution in [3.63, 3.8) is 0 Å². The van der Waals surface area contributed by atoms with Crippen LogP contribution in [0.2, 0.25) is 0 Å². The normalized spacial score (nSPS) is 15.6. The zero-order valence-corrected chi connectivity index (χ0v) is 10.9. The summed E-state index contributed by atoms with van der Waals surface area (Å²) < 4.78 is 0.957. The molecule has 1 aliphatic heterocycles. The molecule has 0 spiro atoms. The molecule has 0 saturated heterocycles. The molecule has 1 amide bonds. The Hall–Kier alpha value is -1.94. The molecule has 0 unspecified atom stereocenters. The molecule has 0 atom stereocenters. The minimum Gasteiger partial charge on any atom is -0.321 e. The van der Waals surface area contributed by atoms with E-state index in [2.05, 4.69) is 26.2 Å². The molecule has 3 rings (SSSR count). The smallest absolute Gasteiger partial charge is 0.256 e. The van der Waals surface area contributed by atoms with Gasteiger partial charge in [-0.2, -0.15) is 0 Å². The number of rotatable bonds is 1. The van der Waals surface area contributed by atoms with Gasteiger partial charge in [0, 0.05) is 33.7 Å². The molecule has 18 heavy (non-hydrogen) atoms. The largest absolute Gasteiger partial charge is 0.321 e. The van der Waals surface area contributed by atoms with Crippen molar-refractivity contribution in [3.8, 4) is 0 Å². The van der Waals surface area contributed by atoms with E-state index in [1.165, 1.54) is 0 Å². The van der Waals surface area contributed by atoms with E-state index in [0.29, 0.717) is 5.57 Å². The summed E-state index contributed by atoms with van der Waals surface area (Å²) in [5.41, 5.74) is 3.41. The number of hydrogen-bond donors (Lipinski definition) is 1. The van der Waals surface area contributed by atoms with Crippen LogP contribution in [-0.4, -0.2) is 10.9 Å². The fraction of sp³-hybridized carbons (Fsp3) is 0. The second kappa shape index (κ2) is 4.38. The molecule has 3 nitrogen and oxygen atoms in total. The van der Waals surface area contributed by atoms with Crippen LogP contribution in [0.4, 0.5) is 5.69 Å². The lowest BCUT2D eigenvalue weighted by Gasteiger charge is -1.99. The summed E-state index contributed by atoms with van der Waals surface area (Å²) in [5, 5.41) is 2.85. The van der Waals surface area contributed by atoms with E-state index in [1.807, 2.05) is 36.4 Å². The monoisotopic (exact) mass is 300 g/mol. The Bertz CT molecular complexity index is 650. The van der Waals surface area contributed by atoms with Gasteiger partial charge in [0.25, 0.3) is 5.91 Å². The van der Waals surface area contributed by atoms with Gasteiger partial charge in [0.1, 0.15) is 0 Å². The number of halogens is 1. The lowest BCUT2D eigenvalue weighted by atomic mass is 10.0. The average molecular weight is 301 g/mol. The van der Waals surface area contributed by atoms with Gasteiger partial charge in [-0.05, 0) is 42.0 Å². The Morgan fingerprint density at radius 1 is 1.17 bits per heavy atom. The number of benzene rings is 1. The van der Waals surface area contributed by atoms with Gasteiger partial charge in [-0.3, -0.25) is 9.78 Å². The number of aromatic nitrogens is 1. The summed E-state index contributed by atoms with van der Waals surface area (Å²) in [6.07, 6.45) is 5.29. The number of carbonyl (C=O) groups is 1. The molecule has 0 saturated carbocycles. The maximum Gasteiger partial charge on any atom is 0.256 e. The molecule has 0 bridgehead atoms. The minimum atomic E-state index is -0.0695. The SMILES string of the molecule is O=C1Nc2ccc(Br)cc2/C1=C/c1ccncc1. The zero-order chi connectivity index (χ0) is 12.5. The van der Waals surface area contributed by atoms with Crippen LogP contribution in [-0.2, 0) is 4.79 Å². The van der Waals surface area contributed by atoms with Crippen molar-refractivity contribution >= 4 is 39.2 Å². The van der Waals surface area contributed by atoms with E-state index < -0.39 is 0 Å². The molecule has 2 heterocycles. The highest BCUT2D eigenvalue weighted by Crippen LogP contribution is 2.34. The van der Waals surface area contributed by atoms with Gasteiger partial charge in [0.15, 0.2) is 0 Å². The third-order valence-corrected chi connectivity index (χ3v) is 3.27. The Morgan fingerprint density at radius 3 is 2.72 bits per heavy atom. The van der Waals surface area contributed by atoms with Crippen LogP contribution < -0.4 is 5.32 Å². The average Bonchev–Trinajstić information content (AvgIpc) is 2.67. The first-order valence-corrected chi connectivity index (χ1v) is 6.26. The number of anilines is 1. The molecule has 4 heteroatoms. The molecule has 1 aliphatic rings. The van der Waals surface area contributed by atoms with Crippen molar-refractivity contribution in [2.75, 3.05) is 5.32 Å². The molecule has 1 aromatic carbocycles. The van der Waals surface area contributed by atoms with E-state index in [1.54, 1.807) is 12.4 Å². The Morgan fingerprint density at radius 2 is 1.94 bits per heavy atom. The van der Waals surface area contributed by atoms with Gasteiger partial charge in [0.05, 0.1) is 0 Å². The van der Waals surface area contributed by atoms with E-state index in [0.717, 1.165) is 21.3 Å². The number of carbonyl (C=O) groups excluding carboxylic acids is 1. The zero-order valence-electron chi connectivity index (χ0n) is 9.35. The molecule has 1 aromatic heterocycles. The predicted octanol–water partition coefficient (Wildman–Crippen LogP) is 3.34. The fourth-order valence-electron chi connectivity index (χ4n) is 1.93. The van der Waals surface area contributed by atoms with Crippen LogP contribution in [0, 0.1) is 0 Å². The molecular formula is C14H9BrN2O. The maximum absolute atomic E-state index is 11.9. The van der Waals surface area contributed by atoms with Crippen LogP contribution in [0.3, 0.4) is 0 Å². The first-order valence-electron chi connectivity index (χ1n) is 5.47. The number of pyridine rings is 1. The van der Waals surface area contributed by atoms with Gasteiger partial charge >= 0.3 is 0 Å². The lowest BCUT2D eigenvalue weighted by Crippen LogP contribution is -2.03. The molecule has 88 valence electrons. The Kier molecular flexibility index (Phi) is 2.72. The van der Waals surface area contributed by atoms with Crippen LogP contribution in [0.25, 0.3) is 11.6 Å². The fourth-order valence-corrected chi connectivity index (χ4v) is 2.29. The van der Waals surface area contributed by atoms with E-state index in [-0.39, 0.29) is 5.91 Å². The van der Waals surface area contributed by atoms with Crippen LogP contribution in [0.15, 0.2) is 47.2 Å². The number of hydrogen-bond acceptors (Lipinski definition) is 2. The molecule has 0 aliphatic carbocycles. The van der Waals surface area contributed by atoms with Gasteiger partial charge in [-0.15, -0.1) is 0 Å². The van der Waals surface area contributed by atoms with Crippen molar-refractivity contribution < 1.29 is 4.79 Å². The summed E-state index contributed by atoms with van der Waals surface area (Å²) >= 11 is 3.42. The highest BCUT2D eigenvalue weighted by atomic mass is 79.9. The number of amides is 1. The topological polar surface area (TPSA) is 42.0 Å². The van der Waals surface area contributed by atoms with E-state index in [9.17, 15) is 4.79 Å². The maximum atomic E-state index is 11.9. The van der Waals surface area contributed by atoms with Crippen molar-refractivity contribution in [2.45, 2.75) is 0 Å². The molecule has 0 radical (unpaired) electrons. The van der Waals surface area contributed by atoms with Crippen LogP contribution in [0.1, 0.15) is 11.1 Å². The van der Waals surface area contributed by atoms with Crippen LogP contribution >= 0.6 is 15.9 Å². The van der Waals surface area contributed by atoms with Crippen molar-refractivity contribution in [1.82, 2.24) is 4.98 Å². The first-order chi connectivity index (χ1) is 8.74. The van der Waals surface area contributed by atoms with Crippen molar-refractivity contribution in [2.24, 2.45) is 0 Å². The molecular weight excluding hydrogens is 292 g/mol. The van der Waals surface area contributed by atoms with Crippen molar-refractivity contribution in [3.05, 3.63) is 58.3 Å². The first kappa shape index (κ1) is 11.2. The second-order valence-electron chi connectivity index (χ2n) is 3.98.